The quantitative estimate of drug-likeness (QED) is 0.831. The van der Waals surface area contributed by atoms with E-state index in [0.29, 0.717) is 11.1 Å². The average Bonchev–Trinajstić information content (AvgIpc) is 2.38. The van der Waals surface area contributed by atoms with Gasteiger partial charge in [0, 0.05) is 9.53 Å². The van der Waals surface area contributed by atoms with E-state index in [1.54, 1.807) is 31.2 Å². The zero-order valence-electron chi connectivity index (χ0n) is 12.5. The van der Waals surface area contributed by atoms with Gasteiger partial charge in [-0.2, -0.15) is 0 Å². The van der Waals surface area contributed by atoms with E-state index in [1.807, 2.05) is 0 Å². The van der Waals surface area contributed by atoms with Gasteiger partial charge in [-0.15, -0.1) is 0 Å². The van der Waals surface area contributed by atoms with Crippen LogP contribution in [0.4, 0.5) is 0 Å². The molecule has 88 valence electrons. The highest BCUT2D eigenvalue weighted by Crippen LogP contribution is 2.32. The van der Waals surface area contributed by atoms with Gasteiger partial charge in [0.2, 0.25) is 0 Å². The Bertz CT molecular complexity index is 541. The molecule has 0 aromatic heterocycles. The van der Waals surface area contributed by atoms with Crippen LogP contribution in [0.2, 0.25) is 0 Å². The summed E-state index contributed by atoms with van der Waals surface area (Å²) in [5, 5.41) is 18.7. The normalized spacial score (nSPS) is 14.8. The van der Waals surface area contributed by atoms with Crippen LogP contribution in [0.3, 0.4) is 0 Å². The number of phenols is 2. The van der Waals surface area contributed by atoms with Gasteiger partial charge in [-0.3, -0.25) is 0 Å². The summed E-state index contributed by atoms with van der Waals surface area (Å²) in [4.78, 5) is 0. The van der Waals surface area contributed by atoms with Crippen LogP contribution in [0.5, 0.6) is 11.5 Å². The monoisotopic (exact) mass is 231 g/mol. The lowest BCUT2D eigenvalue weighted by molar-refractivity contribution is 0.474. The summed E-state index contributed by atoms with van der Waals surface area (Å²) >= 11 is 0. The van der Waals surface area contributed by atoms with Crippen molar-refractivity contribution < 1.29 is 14.3 Å². The number of rotatable bonds is 2. The lowest BCUT2D eigenvalue weighted by Crippen LogP contribution is -2.18. The molecular formula is C15H16O2. The first-order chi connectivity index (χ1) is 9.25. The van der Waals surface area contributed by atoms with Crippen LogP contribution in [0.25, 0.3) is 0 Å². The maximum absolute atomic E-state index is 9.36. The van der Waals surface area contributed by atoms with Gasteiger partial charge in [-0.05, 0) is 35.4 Å². The van der Waals surface area contributed by atoms with Crippen LogP contribution in [-0.4, -0.2) is 10.2 Å². The Hall–Kier alpha value is -1.96. The van der Waals surface area contributed by atoms with E-state index < -0.39 is 12.3 Å². The Kier molecular flexibility index (Phi) is 1.99. The fourth-order valence-electron chi connectivity index (χ4n) is 1.76. The number of hydrogen-bond donors (Lipinski definition) is 2. The first-order valence-electron chi connectivity index (χ1n) is 6.84. The van der Waals surface area contributed by atoms with E-state index in [-0.39, 0.29) is 11.5 Å². The van der Waals surface area contributed by atoms with Crippen LogP contribution in [0.1, 0.15) is 29.0 Å². The Labute approximate surface area is 105 Å². The van der Waals surface area contributed by atoms with E-state index in [9.17, 15) is 10.2 Å². The van der Waals surface area contributed by atoms with E-state index in [2.05, 4.69) is 0 Å². The van der Waals surface area contributed by atoms with Gasteiger partial charge in [0.05, 0.1) is 0 Å². The number of hydrogen-bond acceptors (Lipinski definition) is 2. The van der Waals surface area contributed by atoms with E-state index in [1.165, 1.54) is 24.3 Å². The van der Waals surface area contributed by atoms with E-state index >= 15 is 0 Å². The largest absolute Gasteiger partial charge is 0.508 e. The van der Waals surface area contributed by atoms with Crippen molar-refractivity contribution in [3.05, 3.63) is 59.7 Å². The molecule has 0 saturated carbocycles. The molecule has 2 heteroatoms. The molecule has 0 saturated heterocycles. The zero-order valence-corrected chi connectivity index (χ0v) is 9.51. The van der Waals surface area contributed by atoms with Crippen LogP contribution < -0.4 is 0 Å². The Morgan fingerprint density at radius 1 is 0.824 bits per heavy atom. The van der Waals surface area contributed by atoms with Crippen molar-refractivity contribution in [3.63, 3.8) is 0 Å². The minimum Gasteiger partial charge on any atom is -0.508 e. The predicted octanol–water partition coefficient (Wildman–Crippen LogP) is 3.42. The molecule has 0 unspecified atom stereocenters. The van der Waals surface area contributed by atoms with Crippen molar-refractivity contribution in [1.82, 2.24) is 0 Å². The van der Waals surface area contributed by atoms with Crippen molar-refractivity contribution in [3.8, 4) is 11.5 Å². The molecule has 17 heavy (non-hydrogen) atoms. The highest BCUT2D eigenvalue weighted by atomic mass is 16.3. The Morgan fingerprint density at radius 3 is 1.47 bits per heavy atom. The molecule has 0 heterocycles. The summed E-state index contributed by atoms with van der Waals surface area (Å²) in [7, 11) is 0. The molecule has 0 radical (unpaired) electrons. The second kappa shape index (κ2) is 4.13. The second-order valence-corrected chi connectivity index (χ2v) is 4.22. The third kappa shape index (κ3) is 2.26. The van der Waals surface area contributed by atoms with Crippen LogP contribution >= 0.6 is 0 Å². The molecule has 2 aromatic carbocycles. The molecule has 0 amide bonds. The van der Waals surface area contributed by atoms with Crippen LogP contribution in [0.15, 0.2) is 48.5 Å². The molecule has 2 aromatic rings. The molecule has 2 rings (SSSR count). The summed E-state index contributed by atoms with van der Waals surface area (Å²) in [5.41, 5.74) is -0.0454. The summed E-state index contributed by atoms with van der Waals surface area (Å²) in [6.07, 6.45) is 0. The van der Waals surface area contributed by atoms with Gasteiger partial charge in [0.25, 0.3) is 0 Å². The van der Waals surface area contributed by atoms with Gasteiger partial charge in [-0.1, -0.05) is 38.0 Å². The van der Waals surface area contributed by atoms with E-state index in [4.69, 9.17) is 4.11 Å². The molecule has 0 spiro atoms. The highest BCUT2D eigenvalue weighted by Gasteiger charge is 2.22. The number of aromatic hydroxyl groups is 2. The molecule has 2 N–H and O–H groups in total. The minimum absolute atomic E-state index is 0.0901. The first-order valence-corrected chi connectivity index (χ1v) is 5.34. The van der Waals surface area contributed by atoms with Crippen molar-refractivity contribution in [1.29, 1.82) is 0 Å². The van der Waals surface area contributed by atoms with E-state index in [0.717, 1.165) is 0 Å². The fraction of sp³-hybridized carbons (Fsp3) is 0.200. The third-order valence-electron chi connectivity index (χ3n) is 2.89. The molecule has 0 bridgehead atoms. The van der Waals surface area contributed by atoms with Crippen molar-refractivity contribution >= 4 is 0 Å². The van der Waals surface area contributed by atoms with Gasteiger partial charge in [0.15, 0.2) is 0 Å². The summed E-state index contributed by atoms with van der Waals surface area (Å²) in [6.45, 7) is -0.625. The zero-order chi connectivity index (χ0) is 15.0. The second-order valence-electron chi connectivity index (χ2n) is 4.22. The smallest absolute Gasteiger partial charge is 0.115 e. The molecule has 0 fully saturated rings. The lowest BCUT2D eigenvalue weighted by atomic mass is 9.78. The molecule has 0 atom stereocenters. The molecule has 0 aliphatic carbocycles. The molecule has 0 aliphatic heterocycles. The minimum atomic E-state index is -2.26. The highest BCUT2D eigenvalue weighted by molar-refractivity contribution is 5.41. The summed E-state index contributed by atoms with van der Waals surface area (Å²) in [5.74, 6) is 0.180. The SMILES string of the molecule is [2H]C([2H])([2H])C(C)(c1ccc(O)cc1)c1ccc(O)cc1. The average molecular weight is 231 g/mol. The van der Waals surface area contributed by atoms with Crippen LogP contribution in [-0.2, 0) is 5.41 Å². The maximum Gasteiger partial charge on any atom is 0.115 e. The fourth-order valence-corrected chi connectivity index (χ4v) is 1.76. The Balaban J connectivity index is 2.62. The topological polar surface area (TPSA) is 40.5 Å². The lowest BCUT2D eigenvalue weighted by Gasteiger charge is -2.26. The molecular weight excluding hydrogens is 212 g/mol. The summed E-state index contributed by atoms with van der Waals surface area (Å²) in [6, 6.07) is 12.3. The van der Waals surface area contributed by atoms with Gasteiger partial charge < -0.3 is 10.2 Å². The number of phenolic OH excluding ortho intramolecular Hbond substituents is 2. The van der Waals surface area contributed by atoms with Crippen LogP contribution in [0, 0.1) is 0 Å². The maximum atomic E-state index is 9.36. The van der Waals surface area contributed by atoms with Crippen molar-refractivity contribution in [2.45, 2.75) is 19.2 Å². The van der Waals surface area contributed by atoms with Crippen molar-refractivity contribution in [2.75, 3.05) is 0 Å². The third-order valence-corrected chi connectivity index (χ3v) is 2.89. The Morgan fingerprint density at radius 2 is 1.18 bits per heavy atom. The predicted molar refractivity (Wildman–Crippen MR) is 68.3 cm³/mol. The molecule has 2 nitrogen and oxygen atoms in total. The van der Waals surface area contributed by atoms with Gasteiger partial charge in [-0.25, -0.2) is 0 Å². The van der Waals surface area contributed by atoms with Gasteiger partial charge >= 0.3 is 0 Å². The first kappa shape index (κ1) is 8.18. The standard InChI is InChI=1S/C15H16O2/c1-15(2,11-3-7-13(16)8-4-11)12-5-9-14(17)10-6-12/h3-10,16-17H,1-2H3/i1D3. The number of benzene rings is 2. The van der Waals surface area contributed by atoms with Gasteiger partial charge in [0.1, 0.15) is 11.5 Å². The van der Waals surface area contributed by atoms with Crippen molar-refractivity contribution in [2.24, 2.45) is 0 Å². The molecule has 0 aliphatic rings. The summed E-state index contributed by atoms with van der Waals surface area (Å²) < 4.78 is 23.6.